The molecule has 3 atom stereocenters. The minimum Gasteiger partial charge on any atom is -0.493 e. The van der Waals surface area contributed by atoms with Crippen molar-refractivity contribution in [1.29, 1.82) is 0 Å². The third-order valence-electron chi connectivity index (χ3n) is 13.7. The van der Waals surface area contributed by atoms with Crippen molar-refractivity contribution in [3.05, 3.63) is 70.3 Å². The Kier molecular flexibility index (Phi) is 13.2. The van der Waals surface area contributed by atoms with Crippen LogP contribution in [0.15, 0.2) is 42.5 Å². The Bertz CT molecular complexity index is 2050. The van der Waals surface area contributed by atoms with Crippen LogP contribution in [-0.2, 0) is 10.8 Å². The second kappa shape index (κ2) is 17.9. The molecule has 2 fully saturated rings. The molecule has 3 heterocycles. The Morgan fingerprint density at radius 3 is 1.75 bits per heavy atom. The molecule has 3 aromatic carbocycles. The second-order valence-corrected chi connectivity index (χ2v) is 20.5. The van der Waals surface area contributed by atoms with Gasteiger partial charge in [-0.1, -0.05) is 110 Å². The van der Waals surface area contributed by atoms with E-state index in [1.54, 1.807) is 0 Å². The van der Waals surface area contributed by atoms with Crippen LogP contribution in [-0.4, -0.2) is 83.6 Å². The van der Waals surface area contributed by atoms with E-state index in [1.807, 2.05) is 0 Å². The van der Waals surface area contributed by atoms with E-state index in [1.165, 1.54) is 82.1 Å². The maximum absolute atomic E-state index is 7.44. The first-order chi connectivity index (χ1) is 28.7. The number of aryl methyl sites for hydroxylation is 1. The van der Waals surface area contributed by atoms with Gasteiger partial charge in [0.05, 0.1) is 42.9 Å². The van der Waals surface area contributed by atoms with Crippen LogP contribution < -0.4 is 18.9 Å². The molecule has 7 heteroatoms. The second-order valence-electron chi connectivity index (χ2n) is 20.5. The van der Waals surface area contributed by atoms with Crippen LogP contribution in [0.3, 0.4) is 0 Å². The fourth-order valence-corrected chi connectivity index (χ4v) is 10.2. The van der Waals surface area contributed by atoms with Gasteiger partial charge in [0.1, 0.15) is 24.7 Å². The van der Waals surface area contributed by atoms with Gasteiger partial charge in [-0.05, 0) is 103 Å². The summed E-state index contributed by atoms with van der Waals surface area (Å²) in [4.78, 5) is 0. The quantitative estimate of drug-likeness (QED) is 0.100. The Labute approximate surface area is 363 Å². The summed E-state index contributed by atoms with van der Waals surface area (Å²) in [6.07, 6.45) is 17.7. The minimum absolute atomic E-state index is 0.0120. The normalized spacial score (nSPS) is 20.7. The van der Waals surface area contributed by atoms with Crippen molar-refractivity contribution >= 4 is 12.4 Å². The first-order valence-electron chi connectivity index (χ1n) is 23.9. The molecule has 1 saturated carbocycles. The third-order valence-corrected chi connectivity index (χ3v) is 13.7. The minimum atomic E-state index is -1.09. The van der Waals surface area contributed by atoms with Gasteiger partial charge in [0.15, 0.2) is 23.9 Å². The SMILES string of the molecule is CCCC[N+](CCCC)(CCCC)CCOc1cccc(OCCC)c1-c1cc(C)c2c(c1)C=[N+]1C3CCCCC3[N+]3=Cc4cc(C(C)(C)C)cc(C(C)(C)C)c4OC13O2. The van der Waals surface area contributed by atoms with Gasteiger partial charge in [-0.2, -0.15) is 0 Å². The van der Waals surface area contributed by atoms with E-state index in [0.29, 0.717) is 13.2 Å². The fraction of sp³-hybridized carbons (Fsp3) is 0.623. The topological polar surface area (TPSA) is 42.9 Å². The van der Waals surface area contributed by atoms with E-state index in [-0.39, 0.29) is 22.9 Å². The Balaban J connectivity index is 1.29. The van der Waals surface area contributed by atoms with Crippen molar-refractivity contribution in [2.45, 2.75) is 176 Å². The molecule has 0 N–H and O–H groups in total. The number of fused-ring (bicyclic) bond motifs is 5. The van der Waals surface area contributed by atoms with Crippen molar-refractivity contribution in [2.24, 2.45) is 0 Å². The van der Waals surface area contributed by atoms with Gasteiger partial charge in [0.2, 0.25) is 12.1 Å². The number of quaternary nitrogens is 1. The van der Waals surface area contributed by atoms with Crippen LogP contribution in [0.5, 0.6) is 23.0 Å². The number of ether oxygens (including phenoxy) is 4. The lowest BCUT2D eigenvalue weighted by atomic mass is 9.79. The van der Waals surface area contributed by atoms with E-state index in [9.17, 15) is 0 Å². The molecule has 1 aliphatic carbocycles. The predicted molar refractivity (Wildman–Crippen MR) is 247 cm³/mol. The number of rotatable bonds is 17. The summed E-state index contributed by atoms with van der Waals surface area (Å²) < 4.78 is 34.3. The van der Waals surface area contributed by atoms with E-state index < -0.39 is 6.03 Å². The molecule has 326 valence electrons. The van der Waals surface area contributed by atoms with Gasteiger partial charge in [0.25, 0.3) is 0 Å². The maximum atomic E-state index is 7.44. The Hall–Kier alpha value is -3.84. The average Bonchev–Trinajstić information content (AvgIpc) is 3.49. The molecule has 0 bridgehead atoms. The zero-order chi connectivity index (χ0) is 42.9. The summed E-state index contributed by atoms with van der Waals surface area (Å²) in [7, 11) is 0. The molecule has 1 saturated heterocycles. The highest BCUT2D eigenvalue weighted by Crippen LogP contribution is 2.49. The van der Waals surface area contributed by atoms with Gasteiger partial charge >= 0.3 is 6.03 Å². The molecule has 0 aromatic heterocycles. The summed E-state index contributed by atoms with van der Waals surface area (Å²) >= 11 is 0. The van der Waals surface area contributed by atoms with Crippen molar-refractivity contribution in [3.8, 4) is 34.1 Å². The van der Waals surface area contributed by atoms with E-state index in [0.717, 1.165) is 81.1 Å². The zero-order valence-corrected chi connectivity index (χ0v) is 39.3. The summed E-state index contributed by atoms with van der Waals surface area (Å²) in [5, 5.41) is 0. The molecule has 0 amide bonds. The number of nitrogens with zero attached hydrogens (tertiary/aromatic N) is 3. The highest BCUT2D eigenvalue weighted by atomic mass is 16.7. The zero-order valence-electron chi connectivity index (χ0n) is 39.3. The summed E-state index contributed by atoms with van der Waals surface area (Å²) in [6, 6.07) is 15.1. The number of hydrogen-bond acceptors (Lipinski definition) is 4. The lowest BCUT2D eigenvalue weighted by molar-refractivity contribution is -0.928. The monoisotopic (exact) mass is 821 g/mol. The molecule has 3 aliphatic heterocycles. The fourth-order valence-electron chi connectivity index (χ4n) is 10.2. The first kappa shape index (κ1) is 44.2. The molecule has 1 spiro atoms. The summed E-state index contributed by atoms with van der Waals surface area (Å²) in [6.45, 7) is 31.1. The molecule has 60 heavy (non-hydrogen) atoms. The molecular formula is C53H78N3O4+3. The van der Waals surface area contributed by atoms with Crippen LogP contribution >= 0.6 is 0 Å². The van der Waals surface area contributed by atoms with Gasteiger partial charge < -0.3 is 23.4 Å². The lowest BCUT2D eigenvalue weighted by Gasteiger charge is -2.39. The van der Waals surface area contributed by atoms with E-state index in [2.05, 4.69) is 140 Å². The average molecular weight is 821 g/mol. The first-order valence-corrected chi connectivity index (χ1v) is 23.9. The molecular weight excluding hydrogens is 743 g/mol. The number of unbranched alkanes of at least 4 members (excludes halogenated alkanes) is 3. The molecule has 4 aliphatic rings. The summed E-state index contributed by atoms with van der Waals surface area (Å²) in [5.41, 5.74) is 7.86. The number of hydrogen-bond donors (Lipinski definition) is 0. The molecule has 0 radical (unpaired) electrons. The molecule has 3 aromatic rings. The van der Waals surface area contributed by atoms with Crippen molar-refractivity contribution in [1.82, 2.24) is 0 Å². The van der Waals surface area contributed by atoms with Crippen LogP contribution in [0.1, 0.15) is 168 Å². The standard InChI is InChI=1S/C53H78N3O4/c1-12-16-26-56(27-17-13-2,28-18-14-3)29-31-58-47-25-21-24-46(57-30-15-4)48(47)39-32-38(5)49-40(33-39)36-54-44-22-19-20-23-45(44)55-37-41-34-42(51(6,7)8)35-43(52(9,10)11)50(41)60-53(54,55)59-49/h21,24-25,32-37,44-45H,12-20,22-23,26-31H2,1-11H3/q+3. The Morgan fingerprint density at radius 1 is 0.667 bits per heavy atom. The van der Waals surface area contributed by atoms with Crippen LogP contribution in [0.4, 0.5) is 0 Å². The smallest absolute Gasteiger partial charge is 0.493 e. The van der Waals surface area contributed by atoms with Gasteiger partial charge in [-0.15, -0.1) is 0 Å². The largest absolute Gasteiger partial charge is 0.704 e. The van der Waals surface area contributed by atoms with Crippen LogP contribution in [0.25, 0.3) is 11.1 Å². The van der Waals surface area contributed by atoms with Crippen LogP contribution in [0, 0.1) is 6.92 Å². The Morgan fingerprint density at radius 2 is 1.22 bits per heavy atom. The van der Waals surface area contributed by atoms with Crippen molar-refractivity contribution < 1.29 is 32.6 Å². The molecule has 3 unspecified atom stereocenters. The summed E-state index contributed by atoms with van der Waals surface area (Å²) in [5.74, 6) is 3.57. The van der Waals surface area contributed by atoms with E-state index >= 15 is 0 Å². The highest BCUT2D eigenvalue weighted by molar-refractivity contribution is 5.88. The number of benzene rings is 3. The molecule has 7 nitrogen and oxygen atoms in total. The predicted octanol–water partition coefficient (Wildman–Crippen LogP) is 11.9. The third kappa shape index (κ3) is 8.63. The van der Waals surface area contributed by atoms with Crippen molar-refractivity contribution in [3.63, 3.8) is 0 Å². The van der Waals surface area contributed by atoms with Gasteiger partial charge in [-0.3, -0.25) is 0 Å². The van der Waals surface area contributed by atoms with Gasteiger partial charge in [0, 0.05) is 18.4 Å². The van der Waals surface area contributed by atoms with E-state index in [4.69, 9.17) is 18.9 Å². The highest BCUT2D eigenvalue weighted by Gasteiger charge is 2.76. The van der Waals surface area contributed by atoms with Gasteiger partial charge in [-0.25, -0.2) is 0 Å². The maximum Gasteiger partial charge on any atom is 0.704 e. The van der Waals surface area contributed by atoms with Crippen LogP contribution in [0.2, 0.25) is 0 Å². The molecule has 7 rings (SSSR count). The van der Waals surface area contributed by atoms with Crippen molar-refractivity contribution in [2.75, 3.05) is 39.4 Å². The lowest BCUT2D eigenvalue weighted by Crippen LogP contribution is -2.60.